The molecule has 1 aliphatic carbocycles. The van der Waals surface area contributed by atoms with Gasteiger partial charge in [-0.15, -0.1) is 0 Å². The zero-order valence-corrected chi connectivity index (χ0v) is 10.5. The van der Waals surface area contributed by atoms with Crippen LogP contribution < -0.4 is 4.74 Å². The van der Waals surface area contributed by atoms with Crippen LogP contribution in [0.3, 0.4) is 0 Å². The highest BCUT2D eigenvalue weighted by Crippen LogP contribution is 2.37. The van der Waals surface area contributed by atoms with E-state index in [-0.39, 0.29) is 0 Å². The van der Waals surface area contributed by atoms with Crippen molar-refractivity contribution < 1.29 is 9.47 Å². The molecular weight excluding hydrogens is 268 g/mol. The third-order valence-corrected chi connectivity index (χ3v) is 3.54. The highest BCUT2D eigenvalue weighted by Gasteiger charge is 2.35. The molecule has 1 heterocycles. The van der Waals surface area contributed by atoms with Crippen LogP contribution in [0.2, 0.25) is 0 Å². The van der Waals surface area contributed by atoms with Crippen LogP contribution in [-0.2, 0) is 11.3 Å². The maximum absolute atomic E-state index is 5.99. The number of hydrogen-bond donors (Lipinski definition) is 0. The van der Waals surface area contributed by atoms with Crippen molar-refractivity contribution in [1.29, 1.82) is 0 Å². The standard InChI is InChI=1S/C13H13BrO2/c14-11-4-5-12-10(8-11)9-15-13(16-12)6-2-1-3-7-13/h2,4-6,8H,1,3,7,9H2. The molecule has 16 heavy (non-hydrogen) atoms. The predicted molar refractivity (Wildman–Crippen MR) is 65.3 cm³/mol. The molecule has 0 amide bonds. The van der Waals surface area contributed by atoms with Crippen molar-refractivity contribution in [2.75, 3.05) is 0 Å². The Morgan fingerprint density at radius 2 is 2.25 bits per heavy atom. The van der Waals surface area contributed by atoms with Crippen LogP contribution in [0.25, 0.3) is 0 Å². The molecule has 1 spiro atoms. The summed E-state index contributed by atoms with van der Waals surface area (Å²) in [5, 5.41) is 0. The van der Waals surface area contributed by atoms with E-state index in [1.807, 2.05) is 12.1 Å². The second-order valence-electron chi connectivity index (χ2n) is 4.25. The molecule has 3 heteroatoms. The number of rotatable bonds is 0. The van der Waals surface area contributed by atoms with Crippen molar-refractivity contribution in [2.45, 2.75) is 31.7 Å². The highest BCUT2D eigenvalue weighted by atomic mass is 79.9. The molecule has 0 N–H and O–H groups in total. The van der Waals surface area contributed by atoms with Gasteiger partial charge in [-0.25, -0.2) is 0 Å². The number of allylic oxidation sites excluding steroid dienone is 1. The highest BCUT2D eigenvalue weighted by molar-refractivity contribution is 9.10. The van der Waals surface area contributed by atoms with Gasteiger partial charge in [0, 0.05) is 16.5 Å². The van der Waals surface area contributed by atoms with Gasteiger partial charge in [-0.05, 0) is 37.1 Å². The van der Waals surface area contributed by atoms with E-state index in [0.29, 0.717) is 6.61 Å². The Bertz CT molecular complexity index is 442. The summed E-state index contributed by atoms with van der Waals surface area (Å²) in [6.07, 6.45) is 7.40. The summed E-state index contributed by atoms with van der Waals surface area (Å²) >= 11 is 3.45. The molecule has 2 aliphatic rings. The number of halogens is 1. The van der Waals surface area contributed by atoms with Gasteiger partial charge in [0.05, 0.1) is 6.61 Å². The van der Waals surface area contributed by atoms with Gasteiger partial charge in [0.15, 0.2) is 0 Å². The number of ether oxygens (including phenoxy) is 2. The lowest BCUT2D eigenvalue weighted by molar-refractivity contribution is -0.178. The molecule has 0 bridgehead atoms. The van der Waals surface area contributed by atoms with Crippen LogP contribution in [0.1, 0.15) is 24.8 Å². The number of fused-ring (bicyclic) bond motifs is 1. The van der Waals surface area contributed by atoms with E-state index in [2.05, 4.69) is 34.1 Å². The molecule has 1 unspecified atom stereocenters. The largest absolute Gasteiger partial charge is 0.458 e. The second kappa shape index (κ2) is 3.90. The summed E-state index contributed by atoms with van der Waals surface area (Å²) in [5.74, 6) is 0.444. The van der Waals surface area contributed by atoms with Crippen molar-refractivity contribution >= 4 is 15.9 Å². The lowest BCUT2D eigenvalue weighted by Gasteiger charge is -2.37. The zero-order valence-electron chi connectivity index (χ0n) is 8.91. The Hall–Kier alpha value is -0.800. The van der Waals surface area contributed by atoms with Crippen LogP contribution in [0.5, 0.6) is 5.75 Å². The third-order valence-electron chi connectivity index (χ3n) is 3.05. The summed E-state index contributed by atoms with van der Waals surface area (Å²) in [5.41, 5.74) is 1.11. The number of benzene rings is 1. The molecule has 0 fully saturated rings. The molecule has 0 aromatic heterocycles. The summed E-state index contributed by atoms with van der Waals surface area (Å²) in [6.45, 7) is 0.624. The fraction of sp³-hybridized carbons (Fsp3) is 0.385. The van der Waals surface area contributed by atoms with E-state index < -0.39 is 5.79 Å². The molecule has 2 nitrogen and oxygen atoms in total. The quantitative estimate of drug-likeness (QED) is 0.673. The van der Waals surface area contributed by atoms with Gasteiger partial charge in [-0.3, -0.25) is 0 Å². The number of hydrogen-bond acceptors (Lipinski definition) is 2. The summed E-state index contributed by atoms with van der Waals surface area (Å²) < 4.78 is 12.9. The SMILES string of the molecule is Brc1ccc2c(c1)COC1(C=CCCC1)O2. The van der Waals surface area contributed by atoms with Gasteiger partial charge in [0.25, 0.3) is 0 Å². The normalized spacial score (nSPS) is 27.6. The maximum Gasteiger partial charge on any atom is 0.230 e. The summed E-state index contributed by atoms with van der Waals surface area (Å²) in [6, 6.07) is 6.06. The first-order chi connectivity index (χ1) is 7.77. The van der Waals surface area contributed by atoms with E-state index in [9.17, 15) is 0 Å². The van der Waals surface area contributed by atoms with E-state index in [4.69, 9.17) is 9.47 Å². The molecule has 1 aromatic carbocycles. The van der Waals surface area contributed by atoms with Crippen molar-refractivity contribution in [2.24, 2.45) is 0 Å². The zero-order chi connectivity index (χ0) is 11.0. The Balaban J connectivity index is 1.94. The Kier molecular flexibility index (Phi) is 2.52. The average molecular weight is 281 g/mol. The lowest BCUT2D eigenvalue weighted by atomic mass is 10.00. The van der Waals surface area contributed by atoms with Crippen molar-refractivity contribution in [3.63, 3.8) is 0 Å². The minimum atomic E-state index is -0.501. The fourth-order valence-corrected chi connectivity index (χ4v) is 2.60. The van der Waals surface area contributed by atoms with Gasteiger partial charge >= 0.3 is 0 Å². The Morgan fingerprint density at radius 3 is 3.06 bits per heavy atom. The van der Waals surface area contributed by atoms with Gasteiger partial charge in [-0.2, -0.15) is 0 Å². The van der Waals surface area contributed by atoms with Crippen LogP contribution in [0, 0.1) is 0 Å². The van der Waals surface area contributed by atoms with Gasteiger partial charge < -0.3 is 9.47 Å². The molecular formula is C13H13BrO2. The van der Waals surface area contributed by atoms with Gasteiger partial charge in [0.2, 0.25) is 5.79 Å². The Labute approximate surface area is 103 Å². The monoisotopic (exact) mass is 280 g/mol. The first kappa shape index (κ1) is 10.4. The van der Waals surface area contributed by atoms with Crippen molar-refractivity contribution in [3.8, 4) is 5.75 Å². The van der Waals surface area contributed by atoms with Gasteiger partial charge in [-0.1, -0.05) is 22.0 Å². The Morgan fingerprint density at radius 1 is 1.31 bits per heavy atom. The summed E-state index contributed by atoms with van der Waals surface area (Å²) in [7, 11) is 0. The fourth-order valence-electron chi connectivity index (χ4n) is 2.19. The molecule has 84 valence electrons. The molecule has 0 saturated heterocycles. The van der Waals surface area contributed by atoms with Crippen LogP contribution >= 0.6 is 15.9 Å². The van der Waals surface area contributed by atoms with Crippen LogP contribution in [0.15, 0.2) is 34.8 Å². The van der Waals surface area contributed by atoms with E-state index in [1.165, 1.54) is 0 Å². The minimum Gasteiger partial charge on any atom is -0.458 e. The molecule has 1 aromatic rings. The first-order valence-electron chi connectivity index (χ1n) is 5.57. The molecule has 0 saturated carbocycles. The minimum absolute atomic E-state index is 0.501. The second-order valence-corrected chi connectivity index (χ2v) is 5.16. The average Bonchev–Trinajstić information content (AvgIpc) is 2.31. The smallest absolute Gasteiger partial charge is 0.230 e. The molecule has 1 aliphatic heterocycles. The third kappa shape index (κ3) is 1.78. The molecule has 1 atom stereocenters. The van der Waals surface area contributed by atoms with E-state index in [0.717, 1.165) is 35.0 Å². The van der Waals surface area contributed by atoms with Gasteiger partial charge in [0.1, 0.15) is 5.75 Å². The van der Waals surface area contributed by atoms with Crippen molar-refractivity contribution in [1.82, 2.24) is 0 Å². The maximum atomic E-state index is 5.99. The molecule has 0 radical (unpaired) electrons. The topological polar surface area (TPSA) is 18.5 Å². The van der Waals surface area contributed by atoms with Crippen molar-refractivity contribution in [3.05, 3.63) is 40.4 Å². The van der Waals surface area contributed by atoms with E-state index >= 15 is 0 Å². The van der Waals surface area contributed by atoms with E-state index in [1.54, 1.807) is 0 Å². The lowest BCUT2D eigenvalue weighted by Crippen LogP contribution is -2.41. The van der Waals surface area contributed by atoms with Crippen LogP contribution in [-0.4, -0.2) is 5.79 Å². The van der Waals surface area contributed by atoms with Crippen LogP contribution in [0.4, 0.5) is 0 Å². The predicted octanol–water partition coefficient (Wildman–Crippen LogP) is 3.79. The summed E-state index contributed by atoms with van der Waals surface area (Å²) in [4.78, 5) is 0. The molecule has 3 rings (SSSR count). The first-order valence-corrected chi connectivity index (χ1v) is 6.36.